The van der Waals surface area contributed by atoms with E-state index >= 15 is 0 Å². The van der Waals surface area contributed by atoms with E-state index in [4.69, 9.17) is 13.9 Å². The topological polar surface area (TPSA) is 77.8 Å². The first-order valence-corrected chi connectivity index (χ1v) is 8.19. The number of amides is 1. The minimum Gasteiger partial charge on any atom is -0.493 e. The molecule has 1 aromatic carbocycles. The molecule has 1 atom stereocenters. The molecule has 0 spiro atoms. The van der Waals surface area contributed by atoms with Gasteiger partial charge in [0.05, 0.1) is 25.0 Å². The molecule has 1 aromatic heterocycles. The average molecular weight is 345 g/mol. The molecule has 25 heavy (non-hydrogen) atoms. The first-order valence-electron chi connectivity index (χ1n) is 8.19. The summed E-state index contributed by atoms with van der Waals surface area (Å²) < 4.78 is 15.9. The van der Waals surface area contributed by atoms with Crippen molar-refractivity contribution in [3.63, 3.8) is 0 Å². The maximum atomic E-state index is 12.1. The Hall–Kier alpha value is -2.76. The first kappa shape index (κ1) is 18.6. The van der Waals surface area contributed by atoms with Gasteiger partial charge in [0.2, 0.25) is 0 Å². The van der Waals surface area contributed by atoms with Crippen LogP contribution in [0.15, 0.2) is 47.1 Å². The molecular weight excluding hydrogens is 322 g/mol. The minimum absolute atomic E-state index is 0.246. The molecule has 0 radical (unpaired) electrons. The highest BCUT2D eigenvalue weighted by Gasteiger charge is 2.19. The monoisotopic (exact) mass is 345 g/mol. The van der Waals surface area contributed by atoms with Gasteiger partial charge in [0.1, 0.15) is 11.5 Å². The van der Waals surface area contributed by atoms with Gasteiger partial charge in [0.25, 0.3) is 5.91 Å². The zero-order valence-electron chi connectivity index (χ0n) is 14.7. The number of ether oxygens (including phenoxy) is 2. The van der Waals surface area contributed by atoms with E-state index in [0.29, 0.717) is 29.6 Å². The molecule has 2 aromatic rings. The molecule has 6 heteroatoms. The molecular formula is C19H23NO5. The highest BCUT2D eigenvalue weighted by atomic mass is 16.5. The standard InChI is InChI=1S/C19H23NO5/c1-13(2)12-24-16-8-6-15(7-9-16)19(22)25-14(3)18(21)20-11-17-5-4-10-23-17/h4-10,13-14H,11-12H2,1-3H3,(H,20,21)/t14-/m0/s1. The van der Waals surface area contributed by atoms with E-state index in [-0.39, 0.29) is 12.5 Å². The van der Waals surface area contributed by atoms with Crippen molar-refractivity contribution in [2.24, 2.45) is 5.92 Å². The molecule has 134 valence electrons. The normalized spacial score (nSPS) is 11.8. The van der Waals surface area contributed by atoms with Gasteiger partial charge in [-0.05, 0) is 49.2 Å². The zero-order chi connectivity index (χ0) is 18.2. The molecule has 0 aliphatic rings. The van der Waals surface area contributed by atoms with Gasteiger partial charge in [-0.25, -0.2) is 4.79 Å². The van der Waals surface area contributed by atoms with E-state index in [1.165, 1.54) is 13.2 Å². The smallest absolute Gasteiger partial charge is 0.338 e. The summed E-state index contributed by atoms with van der Waals surface area (Å²) in [6.07, 6.45) is 0.624. The number of rotatable bonds is 8. The second-order valence-electron chi connectivity index (χ2n) is 6.07. The van der Waals surface area contributed by atoms with Gasteiger partial charge >= 0.3 is 5.97 Å². The average Bonchev–Trinajstić information content (AvgIpc) is 3.11. The van der Waals surface area contributed by atoms with Gasteiger partial charge in [-0.1, -0.05) is 13.8 Å². The van der Waals surface area contributed by atoms with Crippen LogP contribution in [0.5, 0.6) is 5.75 Å². The number of nitrogens with one attached hydrogen (secondary N) is 1. The van der Waals surface area contributed by atoms with Gasteiger partial charge in [-0.15, -0.1) is 0 Å². The fourth-order valence-corrected chi connectivity index (χ4v) is 1.96. The fourth-order valence-electron chi connectivity index (χ4n) is 1.96. The van der Waals surface area contributed by atoms with Crippen LogP contribution in [0.2, 0.25) is 0 Å². The summed E-state index contributed by atoms with van der Waals surface area (Å²) in [5, 5.41) is 2.65. The summed E-state index contributed by atoms with van der Waals surface area (Å²) in [5.41, 5.74) is 0.364. The lowest BCUT2D eigenvalue weighted by atomic mass is 10.2. The molecule has 6 nitrogen and oxygen atoms in total. The predicted molar refractivity (Wildman–Crippen MR) is 92.2 cm³/mol. The number of esters is 1. The second kappa shape index (κ2) is 8.92. The lowest BCUT2D eigenvalue weighted by Crippen LogP contribution is -2.35. The van der Waals surface area contributed by atoms with Gasteiger partial charge < -0.3 is 19.2 Å². The van der Waals surface area contributed by atoms with Crippen LogP contribution in [-0.4, -0.2) is 24.6 Å². The molecule has 0 saturated heterocycles. The van der Waals surface area contributed by atoms with Crippen LogP contribution in [0.4, 0.5) is 0 Å². The molecule has 0 unspecified atom stereocenters. The third-order valence-corrected chi connectivity index (χ3v) is 3.34. The zero-order valence-corrected chi connectivity index (χ0v) is 14.7. The summed E-state index contributed by atoms with van der Waals surface area (Å²) in [6.45, 7) is 6.50. The molecule has 1 N–H and O–H groups in total. The number of hydrogen-bond donors (Lipinski definition) is 1. The highest BCUT2D eigenvalue weighted by molar-refractivity contribution is 5.92. The largest absolute Gasteiger partial charge is 0.493 e. The van der Waals surface area contributed by atoms with Gasteiger partial charge in [0.15, 0.2) is 6.10 Å². The lowest BCUT2D eigenvalue weighted by molar-refractivity contribution is -0.129. The van der Waals surface area contributed by atoms with Crippen LogP contribution in [0, 0.1) is 5.92 Å². The van der Waals surface area contributed by atoms with E-state index in [9.17, 15) is 9.59 Å². The Kier molecular flexibility index (Phi) is 6.62. The molecule has 1 amide bonds. The van der Waals surface area contributed by atoms with E-state index in [1.807, 2.05) is 0 Å². The van der Waals surface area contributed by atoms with E-state index < -0.39 is 12.1 Å². The molecule has 2 rings (SSSR count). The Bertz CT molecular complexity index is 676. The van der Waals surface area contributed by atoms with Crippen LogP contribution in [-0.2, 0) is 16.1 Å². The number of benzene rings is 1. The molecule has 0 aliphatic carbocycles. The third-order valence-electron chi connectivity index (χ3n) is 3.34. The third kappa shape index (κ3) is 5.99. The van der Waals surface area contributed by atoms with Gasteiger partial charge in [0, 0.05) is 0 Å². The van der Waals surface area contributed by atoms with Crippen molar-refractivity contribution >= 4 is 11.9 Å². The van der Waals surface area contributed by atoms with E-state index in [1.54, 1.807) is 36.4 Å². The first-order chi connectivity index (χ1) is 12.0. The van der Waals surface area contributed by atoms with Crippen molar-refractivity contribution in [1.29, 1.82) is 0 Å². The summed E-state index contributed by atoms with van der Waals surface area (Å²) in [5.74, 6) is 0.793. The molecule has 0 bridgehead atoms. The number of carbonyl (C=O) groups excluding carboxylic acids is 2. The van der Waals surface area contributed by atoms with Crippen molar-refractivity contribution in [2.75, 3.05) is 6.61 Å². The predicted octanol–water partition coefficient (Wildman–Crippen LogP) is 3.18. The lowest BCUT2D eigenvalue weighted by Gasteiger charge is -2.13. The van der Waals surface area contributed by atoms with Crippen LogP contribution in [0.3, 0.4) is 0 Å². The van der Waals surface area contributed by atoms with Crippen molar-refractivity contribution in [3.8, 4) is 5.75 Å². The number of hydrogen-bond acceptors (Lipinski definition) is 5. The molecule has 0 saturated carbocycles. The van der Waals surface area contributed by atoms with Crippen molar-refractivity contribution in [3.05, 3.63) is 54.0 Å². The Morgan fingerprint density at radius 1 is 1.12 bits per heavy atom. The van der Waals surface area contributed by atoms with Crippen LogP contribution >= 0.6 is 0 Å². The van der Waals surface area contributed by atoms with Crippen molar-refractivity contribution in [1.82, 2.24) is 5.32 Å². The Labute approximate surface area is 147 Å². The minimum atomic E-state index is -0.903. The Balaban J connectivity index is 1.82. The SMILES string of the molecule is CC(C)COc1ccc(C(=O)O[C@@H](C)C(=O)NCc2ccco2)cc1. The fraction of sp³-hybridized carbons (Fsp3) is 0.368. The maximum Gasteiger partial charge on any atom is 0.338 e. The van der Waals surface area contributed by atoms with Crippen molar-refractivity contribution < 1.29 is 23.5 Å². The summed E-state index contributed by atoms with van der Waals surface area (Å²) in [6, 6.07) is 10.1. The highest BCUT2D eigenvalue weighted by Crippen LogP contribution is 2.14. The summed E-state index contributed by atoms with van der Waals surface area (Å²) >= 11 is 0. The van der Waals surface area contributed by atoms with E-state index in [2.05, 4.69) is 19.2 Å². The van der Waals surface area contributed by atoms with Crippen LogP contribution in [0.1, 0.15) is 36.9 Å². The molecule has 1 heterocycles. The summed E-state index contributed by atoms with van der Waals surface area (Å²) in [7, 11) is 0. The summed E-state index contributed by atoms with van der Waals surface area (Å²) in [4.78, 5) is 24.1. The van der Waals surface area contributed by atoms with Gasteiger partial charge in [-0.2, -0.15) is 0 Å². The van der Waals surface area contributed by atoms with E-state index in [0.717, 1.165) is 0 Å². The Morgan fingerprint density at radius 3 is 2.44 bits per heavy atom. The number of carbonyl (C=O) groups is 2. The van der Waals surface area contributed by atoms with Crippen molar-refractivity contribution in [2.45, 2.75) is 33.4 Å². The quantitative estimate of drug-likeness (QED) is 0.744. The maximum absolute atomic E-state index is 12.1. The second-order valence-corrected chi connectivity index (χ2v) is 6.07. The number of furan rings is 1. The van der Waals surface area contributed by atoms with Crippen LogP contribution < -0.4 is 10.1 Å². The molecule has 0 fully saturated rings. The molecule has 0 aliphatic heterocycles. The van der Waals surface area contributed by atoms with Crippen LogP contribution in [0.25, 0.3) is 0 Å². The Morgan fingerprint density at radius 2 is 1.84 bits per heavy atom. The van der Waals surface area contributed by atoms with Gasteiger partial charge in [-0.3, -0.25) is 4.79 Å².